The number of unbranched alkanes of at least 4 members (excludes halogenated alkanes) is 1. The standard InChI is InChI=1S/C22H30N2O3/c1-3-27-20-13-12-19(17-21(20)26-2)14-16-24-22(25)23-15-8-7-11-18-9-5-4-6-10-18/h4-6,9-10,12-13,17H,3,7-8,11,14-16H2,1-2H3,(H2,23,24,25). The molecular weight excluding hydrogens is 340 g/mol. The summed E-state index contributed by atoms with van der Waals surface area (Å²) in [4.78, 5) is 11.9. The second-order valence-electron chi connectivity index (χ2n) is 6.29. The minimum Gasteiger partial charge on any atom is -0.493 e. The van der Waals surface area contributed by atoms with Gasteiger partial charge in [-0.15, -0.1) is 0 Å². The maximum absolute atomic E-state index is 11.9. The van der Waals surface area contributed by atoms with Gasteiger partial charge in [0, 0.05) is 13.1 Å². The third-order valence-corrected chi connectivity index (χ3v) is 4.25. The Hall–Kier alpha value is -2.69. The number of carbonyl (C=O) groups is 1. The van der Waals surface area contributed by atoms with E-state index in [-0.39, 0.29) is 6.03 Å². The van der Waals surface area contributed by atoms with Gasteiger partial charge in [0.15, 0.2) is 11.5 Å². The van der Waals surface area contributed by atoms with Gasteiger partial charge in [-0.25, -0.2) is 4.79 Å². The molecule has 0 saturated heterocycles. The van der Waals surface area contributed by atoms with Crippen LogP contribution in [0, 0.1) is 0 Å². The van der Waals surface area contributed by atoms with E-state index in [9.17, 15) is 4.79 Å². The molecule has 0 aliphatic carbocycles. The van der Waals surface area contributed by atoms with E-state index in [1.54, 1.807) is 7.11 Å². The average molecular weight is 370 g/mol. The normalized spacial score (nSPS) is 10.3. The molecular formula is C22H30N2O3. The number of methoxy groups -OCH3 is 1. The van der Waals surface area contributed by atoms with Crippen molar-refractivity contribution in [2.45, 2.75) is 32.6 Å². The quantitative estimate of drug-likeness (QED) is 0.589. The van der Waals surface area contributed by atoms with E-state index < -0.39 is 0 Å². The van der Waals surface area contributed by atoms with Crippen molar-refractivity contribution in [1.29, 1.82) is 0 Å². The minimum absolute atomic E-state index is 0.118. The van der Waals surface area contributed by atoms with E-state index in [2.05, 4.69) is 34.9 Å². The highest BCUT2D eigenvalue weighted by atomic mass is 16.5. The Balaban J connectivity index is 1.60. The lowest BCUT2D eigenvalue weighted by Crippen LogP contribution is -2.37. The molecule has 0 fully saturated rings. The summed E-state index contributed by atoms with van der Waals surface area (Å²) < 4.78 is 10.9. The second-order valence-corrected chi connectivity index (χ2v) is 6.29. The number of hydrogen-bond donors (Lipinski definition) is 2. The van der Waals surface area contributed by atoms with Crippen LogP contribution < -0.4 is 20.1 Å². The molecule has 5 heteroatoms. The molecule has 2 amide bonds. The summed E-state index contributed by atoms with van der Waals surface area (Å²) in [7, 11) is 1.63. The molecule has 0 saturated carbocycles. The molecule has 27 heavy (non-hydrogen) atoms. The highest BCUT2D eigenvalue weighted by Gasteiger charge is 2.06. The Bertz CT molecular complexity index is 689. The zero-order valence-corrected chi connectivity index (χ0v) is 16.3. The van der Waals surface area contributed by atoms with Gasteiger partial charge in [0.25, 0.3) is 0 Å². The first-order valence-electron chi connectivity index (χ1n) is 9.58. The van der Waals surface area contributed by atoms with Gasteiger partial charge < -0.3 is 20.1 Å². The molecule has 0 heterocycles. The van der Waals surface area contributed by atoms with E-state index in [4.69, 9.17) is 9.47 Å². The lowest BCUT2D eigenvalue weighted by Gasteiger charge is -2.11. The van der Waals surface area contributed by atoms with Crippen molar-refractivity contribution in [1.82, 2.24) is 10.6 Å². The number of carbonyl (C=O) groups excluding carboxylic acids is 1. The van der Waals surface area contributed by atoms with Gasteiger partial charge in [-0.1, -0.05) is 36.4 Å². The minimum atomic E-state index is -0.118. The van der Waals surface area contributed by atoms with Crippen molar-refractivity contribution < 1.29 is 14.3 Å². The van der Waals surface area contributed by atoms with Gasteiger partial charge in [0.2, 0.25) is 0 Å². The Kier molecular flexibility index (Phi) is 9.04. The predicted octanol–water partition coefficient (Wildman–Crippen LogP) is 3.96. The monoisotopic (exact) mass is 370 g/mol. The summed E-state index contributed by atoms with van der Waals surface area (Å²) in [5.74, 6) is 1.46. The molecule has 2 aromatic carbocycles. The van der Waals surface area contributed by atoms with E-state index in [0.717, 1.165) is 42.7 Å². The molecule has 146 valence electrons. The predicted molar refractivity (Wildman–Crippen MR) is 109 cm³/mol. The smallest absolute Gasteiger partial charge is 0.314 e. The molecule has 2 rings (SSSR count). The first-order chi connectivity index (χ1) is 13.2. The fraction of sp³-hybridized carbons (Fsp3) is 0.409. The van der Waals surface area contributed by atoms with Crippen LogP contribution in [0.25, 0.3) is 0 Å². The molecule has 5 nitrogen and oxygen atoms in total. The SMILES string of the molecule is CCOc1ccc(CCNC(=O)NCCCCc2ccccc2)cc1OC. The average Bonchev–Trinajstić information content (AvgIpc) is 2.69. The van der Waals surface area contributed by atoms with Crippen molar-refractivity contribution in [2.24, 2.45) is 0 Å². The van der Waals surface area contributed by atoms with E-state index in [0.29, 0.717) is 19.7 Å². The molecule has 0 atom stereocenters. The molecule has 0 unspecified atom stereocenters. The third kappa shape index (κ3) is 7.60. The number of amides is 2. The Morgan fingerprint density at radius 1 is 0.889 bits per heavy atom. The fourth-order valence-corrected chi connectivity index (χ4v) is 2.83. The first-order valence-corrected chi connectivity index (χ1v) is 9.58. The third-order valence-electron chi connectivity index (χ3n) is 4.25. The number of nitrogens with one attached hydrogen (secondary N) is 2. The van der Waals surface area contributed by atoms with Crippen LogP contribution in [-0.2, 0) is 12.8 Å². The zero-order valence-electron chi connectivity index (χ0n) is 16.3. The van der Waals surface area contributed by atoms with Crippen LogP contribution in [0.3, 0.4) is 0 Å². The van der Waals surface area contributed by atoms with Gasteiger partial charge in [-0.3, -0.25) is 0 Å². The van der Waals surface area contributed by atoms with Crippen molar-refractivity contribution in [2.75, 3.05) is 26.8 Å². The molecule has 0 aliphatic heterocycles. The first kappa shape index (κ1) is 20.6. The van der Waals surface area contributed by atoms with E-state index in [1.807, 2.05) is 31.2 Å². The van der Waals surface area contributed by atoms with Crippen molar-refractivity contribution in [3.8, 4) is 11.5 Å². The molecule has 0 bridgehead atoms. The summed E-state index contributed by atoms with van der Waals surface area (Å²) in [5.41, 5.74) is 2.44. The lowest BCUT2D eigenvalue weighted by atomic mass is 10.1. The molecule has 0 aromatic heterocycles. The summed E-state index contributed by atoms with van der Waals surface area (Å²) in [5, 5.41) is 5.80. The maximum Gasteiger partial charge on any atom is 0.314 e. The number of rotatable bonds is 11. The fourth-order valence-electron chi connectivity index (χ4n) is 2.83. The number of benzene rings is 2. The number of urea groups is 1. The maximum atomic E-state index is 11.9. The largest absolute Gasteiger partial charge is 0.493 e. The number of aryl methyl sites for hydroxylation is 1. The van der Waals surface area contributed by atoms with Crippen LogP contribution >= 0.6 is 0 Å². The van der Waals surface area contributed by atoms with Crippen LogP contribution in [-0.4, -0.2) is 32.8 Å². The molecule has 0 spiro atoms. The van der Waals surface area contributed by atoms with Crippen LogP contribution in [0.1, 0.15) is 30.9 Å². The molecule has 0 radical (unpaired) electrons. The molecule has 2 N–H and O–H groups in total. The highest BCUT2D eigenvalue weighted by molar-refractivity contribution is 5.73. The van der Waals surface area contributed by atoms with Gasteiger partial charge in [0.1, 0.15) is 0 Å². The van der Waals surface area contributed by atoms with Gasteiger partial charge >= 0.3 is 6.03 Å². The van der Waals surface area contributed by atoms with E-state index in [1.165, 1.54) is 5.56 Å². The van der Waals surface area contributed by atoms with Crippen LogP contribution in [0.15, 0.2) is 48.5 Å². The zero-order chi connectivity index (χ0) is 19.3. The summed E-state index contributed by atoms with van der Waals surface area (Å²) in [6, 6.07) is 16.1. The number of ether oxygens (including phenoxy) is 2. The lowest BCUT2D eigenvalue weighted by molar-refractivity contribution is 0.241. The van der Waals surface area contributed by atoms with Crippen molar-refractivity contribution in [3.63, 3.8) is 0 Å². The van der Waals surface area contributed by atoms with Gasteiger partial charge in [0.05, 0.1) is 13.7 Å². The highest BCUT2D eigenvalue weighted by Crippen LogP contribution is 2.28. The Morgan fingerprint density at radius 3 is 2.41 bits per heavy atom. The second kappa shape index (κ2) is 11.8. The van der Waals surface area contributed by atoms with Crippen LogP contribution in [0.2, 0.25) is 0 Å². The summed E-state index contributed by atoms with van der Waals surface area (Å²) >= 11 is 0. The van der Waals surface area contributed by atoms with Crippen LogP contribution in [0.5, 0.6) is 11.5 Å². The topological polar surface area (TPSA) is 59.6 Å². The van der Waals surface area contributed by atoms with Gasteiger partial charge in [-0.2, -0.15) is 0 Å². The summed E-state index contributed by atoms with van der Waals surface area (Å²) in [6.07, 6.45) is 3.82. The Morgan fingerprint density at radius 2 is 1.67 bits per heavy atom. The Labute approximate surface area is 162 Å². The van der Waals surface area contributed by atoms with Gasteiger partial charge in [-0.05, 0) is 55.9 Å². The van der Waals surface area contributed by atoms with Crippen molar-refractivity contribution in [3.05, 3.63) is 59.7 Å². The molecule has 2 aromatic rings. The van der Waals surface area contributed by atoms with Crippen molar-refractivity contribution >= 4 is 6.03 Å². The summed E-state index contributed by atoms with van der Waals surface area (Å²) in [6.45, 7) is 3.81. The van der Waals surface area contributed by atoms with Crippen LogP contribution in [0.4, 0.5) is 4.79 Å². The number of hydrogen-bond acceptors (Lipinski definition) is 3. The van der Waals surface area contributed by atoms with E-state index >= 15 is 0 Å². The molecule has 0 aliphatic rings.